The molecule has 0 unspecified atom stereocenters. The summed E-state index contributed by atoms with van der Waals surface area (Å²) in [6.07, 6.45) is 0. The van der Waals surface area contributed by atoms with Gasteiger partial charge in [0.05, 0.1) is 16.3 Å². The van der Waals surface area contributed by atoms with E-state index in [0.717, 1.165) is 17.7 Å². The molecule has 2 aromatic carbocycles. The number of benzene rings is 2. The van der Waals surface area contributed by atoms with Crippen molar-refractivity contribution in [1.29, 1.82) is 0 Å². The molecule has 0 saturated carbocycles. The molecule has 2 aromatic rings. The Morgan fingerprint density at radius 3 is 2.55 bits per heavy atom. The van der Waals surface area contributed by atoms with Gasteiger partial charge >= 0.3 is 0 Å². The molecule has 2 rings (SSSR count). The van der Waals surface area contributed by atoms with Crippen molar-refractivity contribution in [3.63, 3.8) is 0 Å². The molecule has 0 aliphatic heterocycles. The van der Waals surface area contributed by atoms with Crippen molar-refractivity contribution in [2.45, 2.75) is 6.92 Å². The second-order valence-corrected chi connectivity index (χ2v) is 5.01. The fourth-order valence-corrected chi connectivity index (χ4v) is 2.06. The fraction of sp³-hybridized carbons (Fsp3) is 0.0714. The van der Waals surface area contributed by atoms with Crippen LogP contribution in [-0.2, 0) is 0 Å². The number of carbonyl (C=O) groups excluding carboxylic acids is 1. The lowest BCUT2D eigenvalue weighted by Crippen LogP contribution is -2.12. The Morgan fingerprint density at radius 1 is 1.20 bits per heavy atom. The first-order chi connectivity index (χ1) is 9.38. The highest BCUT2D eigenvalue weighted by molar-refractivity contribution is 6.36. The first-order valence-electron chi connectivity index (χ1n) is 5.64. The summed E-state index contributed by atoms with van der Waals surface area (Å²) in [5.41, 5.74) is 1.04. The molecule has 0 atom stereocenters. The Morgan fingerprint density at radius 2 is 1.90 bits per heavy atom. The molecule has 3 nitrogen and oxygen atoms in total. The van der Waals surface area contributed by atoms with Gasteiger partial charge in [-0.3, -0.25) is 4.79 Å². The van der Waals surface area contributed by atoms with Gasteiger partial charge in [0, 0.05) is 11.1 Å². The van der Waals surface area contributed by atoms with E-state index in [2.05, 4.69) is 5.32 Å². The summed E-state index contributed by atoms with van der Waals surface area (Å²) in [5.74, 6) is -1.68. The smallest absolute Gasteiger partial charge is 0.259 e. The molecule has 0 aliphatic carbocycles. The topological polar surface area (TPSA) is 49.3 Å². The Labute approximate surface area is 124 Å². The van der Waals surface area contributed by atoms with Gasteiger partial charge in [-0.05, 0) is 36.8 Å². The van der Waals surface area contributed by atoms with Crippen molar-refractivity contribution in [2.75, 3.05) is 5.32 Å². The third-order valence-corrected chi connectivity index (χ3v) is 3.42. The molecule has 1 amide bonds. The van der Waals surface area contributed by atoms with Crippen LogP contribution in [0.25, 0.3) is 0 Å². The van der Waals surface area contributed by atoms with Crippen molar-refractivity contribution in [2.24, 2.45) is 0 Å². The molecule has 0 saturated heterocycles. The van der Waals surface area contributed by atoms with Crippen LogP contribution in [0, 0.1) is 12.7 Å². The highest BCUT2D eigenvalue weighted by Crippen LogP contribution is 2.29. The molecule has 0 aliphatic rings. The van der Waals surface area contributed by atoms with Crippen LogP contribution in [0.4, 0.5) is 10.1 Å². The Balaban J connectivity index is 2.30. The molecule has 6 heteroatoms. The normalized spacial score (nSPS) is 10.4. The largest absolute Gasteiger partial charge is 0.507 e. The minimum Gasteiger partial charge on any atom is -0.507 e. The average Bonchev–Trinajstić information content (AvgIpc) is 2.35. The van der Waals surface area contributed by atoms with Gasteiger partial charge in [0.15, 0.2) is 0 Å². The predicted molar refractivity (Wildman–Crippen MR) is 77.2 cm³/mol. The van der Waals surface area contributed by atoms with Crippen molar-refractivity contribution in [3.8, 4) is 5.75 Å². The van der Waals surface area contributed by atoms with E-state index >= 15 is 0 Å². The zero-order valence-corrected chi connectivity index (χ0v) is 11.9. The predicted octanol–water partition coefficient (Wildman–Crippen LogP) is 4.40. The summed E-state index contributed by atoms with van der Waals surface area (Å²) in [4.78, 5) is 12.0. The maximum atomic E-state index is 12.9. The third-order valence-electron chi connectivity index (χ3n) is 2.70. The Kier molecular flexibility index (Phi) is 4.16. The summed E-state index contributed by atoms with van der Waals surface area (Å²) in [5, 5.41) is 12.8. The number of nitrogens with one attached hydrogen (secondary N) is 1. The van der Waals surface area contributed by atoms with Crippen molar-refractivity contribution in [3.05, 3.63) is 57.3 Å². The van der Waals surface area contributed by atoms with Gasteiger partial charge in [-0.25, -0.2) is 4.39 Å². The summed E-state index contributed by atoms with van der Waals surface area (Å²) >= 11 is 12.0. The van der Waals surface area contributed by atoms with Crippen LogP contribution in [0.5, 0.6) is 5.75 Å². The van der Waals surface area contributed by atoms with Crippen molar-refractivity contribution >= 4 is 34.8 Å². The fourth-order valence-electron chi connectivity index (χ4n) is 1.63. The monoisotopic (exact) mass is 313 g/mol. The molecule has 0 heterocycles. The second-order valence-electron chi connectivity index (χ2n) is 4.20. The lowest BCUT2D eigenvalue weighted by atomic mass is 10.1. The third kappa shape index (κ3) is 3.03. The number of hydrogen-bond acceptors (Lipinski definition) is 2. The molecular weight excluding hydrogens is 304 g/mol. The van der Waals surface area contributed by atoms with Gasteiger partial charge in [0.25, 0.3) is 5.91 Å². The number of aromatic hydroxyl groups is 1. The van der Waals surface area contributed by atoms with E-state index in [4.69, 9.17) is 23.2 Å². The van der Waals surface area contributed by atoms with Crippen molar-refractivity contribution < 1.29 is 14.3 Å². The number of anilines is 1. The molecule has 104 valence electrons. The number of rotatable bonds is 2. The number of phenols is 1. The molecule has 0 fully saturated rings. The first-order valence-corrected chi connectivity index (χ1v) is 6.39. The average molecular weight is 314 g/mol. The van der Waals surface area contributed by atoms with E-state index in [1.165, 1.54) is 12.1 Å². The standard InChI is InChI=1S/C14H10Cl2FNO2/c1-7-4-11(16)12(6-10(7)15)18-14(20)9-3-2-8(17)5-13(9)19/h2-6,19H,1H3,(H,18,20). The molecule has 0 radical (unpaired) electrons. The van der Waals surface area contributed by atoms with Gasteiger partial charge in [-0.15, -0.1) is 0 Å². The molecule has 0 spiro atoms. The maximum Gasteiger partial charge on any atom is 0.259 e. The Bertz CT molecular complexity index is 689. The number of halogens is 3. The summed E-state index contributed by atoms with van der Waals surface area (Å²) in [6.45, 7) is 1.78. The lowest BCUT2D eigenvalue weighted by molar-refractivity contribution is 0.102. The minimum atomic E-state index is -0.629. The molecular formula is C14H10Cl2FNO2. The molecule has 2 N–H and O–H groups in total. The number of amides is 1. The van der Waals surface area contributed by atoms with Crippen LogP contribution in [0.1, 0.15) is 15.9 Å². The lowest BCUT2D eigenvalue weighted by Gasteiger charge is -2.10. The number of carbonyl (C=O) groups is 1. The minimum absolute atomic E-state index is 0.0563. The quantitative estimate of drug-likeness (QED) is 0.863. The van der Waals surface area contributed by atoms with Gasteiger partial charge in [-0.2, -0.15) is 0 Å². The highest BCUT2D eigenvalue weighted by Gasteiger charge is 2.14. The Hall–Kier alpha value is -1.78. The van der Waals surface area contributed by atoms with Gasteiger partial charge < -0.3 is 10.4 Å². The van der Waals surface area contributed by atoms with E-state index in [0.29, 0.717) is 15.7 Å². The van der Waals surface area contributed by atoms with Crippen LogP contribution >= 0.6 is 23.2 Å². The van der Waals surface area contributed by atoms with Crippen LogP contribution in [0.15, 0.2) is 30.3 Å². The van der Waals surface area contributed by atoms with E-state index < -0.39 is 17.5 Å². The first kappa shape index (κ1) is 14.6. The zero-order chi connectivity index (χ0) is 14.9. The van der Waals surface area contributed by atoms with Crippen molar-refractivity contribution in [1.82, 2.24) is 0 Å². The van der Waals surface area contributed by atoms with E-state index in [1.54, 1.807) is 13.0 Å². The number of phenolic OH excluding ortho intramolecular Hbond substituents is 1. The SMILES string of the molecule is Cc1cc(Cl)c(NC(=O)c2ccc(F)cc2O)cc1Cl. The van der Waals surface area contributed by atoms with Crippen LogP contribution in [0.3, 0.4) is 0 Å². The number of aryl methyl sites for hydroxylation is 1. The number of hydrogen-bond donors (Lipinski definition) is 2. The second kappa shape index (κ2) is 5.69. The van der Waals surface area contributed by atoms with E-state index in [9.17, 15) is 14.3 Å². The van der Waals surface area contributed by atoms with Crippen LogP contribution < -0.4 is 5.32 Å². The summed E-state index contributed by atoms with van der Waals surface area (Å²) in [6, 6.07) is 6.25. The highest BCUT2D eigenvalue weighted by atomic mass is 35.5. The van der Waals surface area contributed by atoms with Gasteiger partial charge in [-0.1, -0.05) is 23.2 Å². The zero-order valence-electron chi connectivity index (χ0n) is 10.4. The molecule has 0 aromatic heterocycles. The maximum absolute atomic E-state index is 12.9. The van der Waals surface area contributed by atoms with Gasteiger partial charge in [0.1, 0.15) is 11.6 Å². The summed E-state index contributed by atoms with van der Waals surface area (Å²) in [7, 11) is 0. The summed E-state index contributed by atoms with van der Waals surface area (Å²) < 4.78 is 12.9. The van der Waals surface area contributed by atoms with Crippen LogP contribution in [-0.4, -0.2) is 11.0 Å². The molecule has 20 heavy (non-hydrogen) atoms. The van der Waals surface area contributed by atoms with Crippen LogP contribution in [0.2, 0.25) is 10.0 Å². The van der Waals surface area contributed by atoms with E-state index in [-0.39, 0.29) is 5.56 Å². The van der Waals surface area contributed by atoms with Gasteiger partial charge in [0.2, 0.25) is 0 Å². The van der Waals surface area contributed by atoms with E-state index in [1.807, 2.05) is 0 Å². The molecule has 0 bridgehead atoms.